The molecule has 0 radical (unpaired) electrons. The molecule has 5 nitrogen and oxygen atoms in total. The molecule has 0 aliphatic carbocycles. The number of hydrogen-bond donors (Lipinski definition) is 3. The SMILES string of the molecule is Nc1cc(S(N)(=O)=O)ccc1NCCc1ccc(F)cc1. The summed E-state index contributed by atoms with van der Waals surface area (Å²) in [5, 5.41) is 8.13. The maximum atomic E-state index is 12.8. The van der Waals surface area contributed by atoms with Gasteiger partial charge in [0, 0.05) is 6.54 Å². The third-order valence-corrected chi connectivity index (χ3v) is 3.90. The van der Waals surface area contributed by atoms with E-state index in [4.69, 9.17) is 10.9 Å². The number of halogens is 1. The second-order valence-electron chi connectivity index (χ2n) is 4.60. The van der Waals surface area contributed by atoms with Gasteiger partial charge in [-0.25, -0.2) is 17.9 Å². The highest BCUT2D eigenvalue weighted by atomic mass is 32.2. The first kappa shape index (κ1) is 15.3. The number of sulfonamides is 1. The molecule has 5 N–H and O–H groups in total. The molecule has 0 unspecified atom stereocenters. The van der Waals surface area contributed by atoms with Gasteiger partial charge in [-0.3, -0.25) is 0 Å². The fourth-order valence-electron chi connectivity index (χ4n) is 1.87. The lowest BCUT2D eigenvalue weighted by atomic mass is 10.1. The lowest BCUT2D eigenvalue weighted by Crippen LogP contribution is -2.13. The van der Waals surface area contributed by atoms with Gasteiger partial charge in [-0.2, -0.15) is 0 Å². The molecule has 0 saturated heterocycles. The third kappa shape index (κ3) is 4.17. The molecule has 0 fully saturated rings. The van der Waals surface area contributed by atoms with E-state index in [-0.39, 0.29) is 10.7 Å². The van der Waals surface area contributed by atoms with Crippen molar-refractivity contribution in [2.24, 2.45) is 5.14 Å². The normalized spacial score (nSPS) is 11.3. The van der Waals surface area contributed by atoms with Crippen LogP contribution in [0.5, 0.6) is 0 Å². The fraction of sp³-hybridized carbons (Fsp3) is 0.143. The van der Waals surface area contributed by atoms with Crippen LogP contribution in [-0.2, 0) is 16.4 Å². The maximum Gasteiger partial charge on any atom is 0.238 e. The highest BCUT2D eigenvalue weighted by Crippen LogP contribution is 2.21. The number of nitrogen functional groups attached to an aromatic ring is 1. The lowest BCUT2D eigenvalue weighted by Gasteiger charge is -2.10. The van der Waals surface area contributed by atoms with Crippen molar-refractivity contribution in [3.05, 3.63) is 53.8 Å². The van der Waals surface area contributed by atoms with Crippen molar-refractivity contribution in [2.75, 3.05) is 17.6 Å². The van der Waals surface area contributed by atoms with Gasteiger partial charge < -0.3 is 11.1 Å². The smallest absolute Gasteiger partial charge is 0.238 e. The van der Waals surface area contributed by atoms with E-state index < -0.39 is 10.0 Å². The van der Waals surface area contributed by atoms with Crippen LogP contribution in [0, 0.1) is 5.82 Å². The van der Waals surface area contributed by atoms with Gasteiger partial charge in [0.25, 0.3) is 0 Å². The molecule has 112 valence electrons. The quantitative estimate of drug-likeness (QED) is 0.732. The summed E-state index contributed by atoms with van der Waals surface area (Å²) in [5.41, 5.74) is 7.71. The van der Waals surface area contributed by atoms with Crippen LogP contribution in [0.4, 0.5) is 15.8 Å². The Morgan fingerprint density at radius 2 is 1.76 bits per heavy atom. The predicted octanol–water partition coefficient (Wildman–Crippen LogP) is 1.71. The zero-order valence-corrected chi connectivity index (χ0v) is 12.0. The molecule has 0 aliphatic rings. The molecule has 0 aliphatic heterocycles. The van der Waals surface area contributed by atoms with Crippen molar-refractivity contribution in [1.29, 1.82) is 0 Å². The molecule has 21 heavy (non-hydrogen) atoms. The number of nitrogens with one attached hydrogen (secondary N) is 1. The molecule has 2 rings (SSSR count). The molecule has 0 heterocycles. The Kier molecular flexibility index (Phi) is 4.44. The number of nitrogens with two attached hydrogens (primary N) is 2. The average Bonchev–Trinajstić information content (AvgIpc) is 2.41. The number of anilines is 2. The van der Waals surface area contributed by atoms with E-state index in [2.05, 4.69) is 5.32 Å². The largest absolute Gasteiger partial charge is 0.397 e. The molecule has 0 atom stereocenters. The predicted molar refractivity (Wildman–Crippen MR) is 80.8 cm³/mol. The zero-order chi connectivity index (χ0) is 15.5. The third-order valence-electron chi connectivity index (χ3n) is 2.99. The van der Waals surface area contributed by atoms with E-state index in [1.165, 1.54) is 24.3 Å². The summed E-state index contributed by atoms with van der Waals surface area (Å²) in [5.74, 6) is -0.269. The Balaban J connectivity index is 1.99. The minimum Gasteiger partial charge on any atom is -0.397 e. The highest BCUT2D eigenvalue weighted by Gasteiger charge is 2.09. The Labute approximate surface area is 122 Å². The monoisotopic (exact) mass is 309 g/mol. The fourth-order valence-corrected chi connectivity index (χ4v) is 2.42. The van der Waals surface area contributed by atoms with Crippen LogP contribution in [-0.4, -0.2) is 15.0 Å². The first-order valence-corrected chi connectivity index (χ1v) is 7.81. The Morgan fingerprint density at radius 1 is 1.10 bits per heavy atom. The van der Waals surface area contributed by atoms with E-state index in [0.717, 1.165) is 5.56 Å². The number of rotatable bonds is 5. The number of hydrogen-bond acceptors (Lipinski definition) is 4. The second kappa shape index (κ2) is 6.11. The number of benzene rings is 2. The summed E-state index contributed by atoms with van der Waals surface area (Å²) >= 11 is 0. The molecule has 2 aromatic carbocycles. The van der Waals surface area contributed by atoms with Gasteiger partial charge in [0.15, 0.2) is 0 Å². The van der Waals surface area contributed by atoms with Crippen LogP contribution in [0.3, 0.4) is 0 Å². The molecule has 0 aromatic heterocycles. The Hall–Kier alpha value is -2.12. The summed E-state index contributed by atoms with van der Waals surface area (Å²) < 4.78 is 35.2. The van der Waals surface area contributed by atoms with Gasteiger partial charge in [0.1, 0.15) is 5.82 Å². The average molecular weight is 309 g/mol. The van der Waals surface area contributed by atoms with E-state index >= 15 is 0 Å². The molecule has 0 saturated carbocycles. The van der Waals surface area contributed by atoms with Crippen molar-refractivity contribution < 1.29 is 12.8 Å². The topological polar surface area (TPSA) is 98.2 Å². The van der Waals surface area contributed by atoms with Crippen molar-refractivity contribution in [1.82, 2.24) is 0 Å². The summed E-state index contributed by atoms with van der Waals surface area (Å²) in [4.78, 5) is -0.0240. The first-order chi connectivity index (χ1) is 9.86. The maximum absolute atomic E-state index is 12.8. The van der Waals surface area contributed by atoms with Crippen LogP contribution in [0.25, 0.3) is 0 Å². The van der Waals surface area contributed by atoms with E-state index in [0.29, 0.717) is 24.3 Å². The molecule has 7 heteroatoms. The lowest BCUT2D eigenvalue weighted by molar-refractivity contribution is 0.598. The molecule has 0 bridgehead atoms. The molecule has 2 aromatic rings. The van der Waals surface area contributed by atoms with Crippen LogP contribution in [0.1, 0.15) is 5.56 Å². The van der Waals surface area contributed by atoms with Gasteiger partial charge in [-0.15, -0.1) is 0 Å². The Bertz CT molecular complexity index is 730. The van der Waals surface area contributed by atoms with E-state index in [9.17, 15) is 12.8 Å². The van der Waals surface area contributed by atoms with Gasteiger partial charge >= 0.3 is 0 Å². The second-order valence-corrected chi connectivity index (χ2v) is 6.16. The van der Waals surface area contributed by atoms with Crippen LogP contribution in [0.15, 0.2) is 47.4 Å². The molecular weight excluding hydrogens is 293 g/mol. The minimum atomic E-state index is -3.75. The summed E-state index contributed by atoms with van der Waals surface area (Å²) in [6.07, 6.45) is 0.691. The summed E-state index contributed by atoms with van der Waals surface area (Å²) in [6.45, 7) is 0.588. The van der Waals surface area contributed by atoms with Crippen LogP contribution < -0.4 is 16.2 Å². The van der Waals surface area contributed by atoms with E-state index in [1.807, 2.05) is 0 Å². The highest BCUT2D eigenvalue weighted by molar-refractivity contribution is 7.89. The van der Waals surface area contributed by atoms with Crippen LogP contribution >= 0.6 is 0 Å². The van der Waals surface area contributed by atoms with Crippen molar-refractivity contribution in [2.45, 2.75) is 11.3 Å². The standard InChI is InChI=1S/C14H16FN3O2S/c15-11-3-1-10(2-4-11)7-8-18-14-6-5-12(9-13(14)16)21(17,19)20/h1-6,9,18H,7-8,16H2,(H2,17,19,20). The first-order valence-electron chi connectivity index (χ1n) is 6.27. The van der Waals surface area contributed by atoms with Gasteiger partial charge in [0.2, 0.25) is 10.0 Å². The van der Waals surface area contributed by atoms with Gasteiger partial charge in [0.05, 0.1) is 16.3 Å². The van der Waals surface area contributed by atoms with Gasteiger partial charge in [-0.05, 0) is 42.3 Å². The van der Waals surface area contributed by atoms with Crippen molar-refractivity contribution >= 4 is 21.4 Å². The summed E-state index contributed by atoms with van der Waals surface area (Å²) in [7, 11) is -3.75. The van der Waals surface area contributed by atoms with Crippen LogP contribution in [0.2, 0.25) is 0 Å². The van der Waals surface area contributed by atoms with E-state index in [1.54, 1.807) is 18.2 Å². The zero-order valence-electron chi connectivity index (χ0n) is 11.2. The molecule has 0 amide bonds. The number of primary sulfonamides is 1. The Morgan fingerprint density at radius 3 is 2.33 bits per heavy atom. The van der Waals surface area contributed by atoms with Crippen molar-refractivity contribution in [3.8, 4) is 0 Å². The molecule has 0 spiro atoms. The van der Waals surface area contributed by atoms with Crippen molar-refractivity contribution in [3.63, 3.8) is 0 Å². The summed E-state index contributed by atoms with van der Waals surface area (Å²) in [6, 6.07) is 10.5. The molecular formula is C14H16FN3O2S. The van der Waals surface area contributed by atoms with Gasteiger partial charge in [-0.1, -0.05) is 12.1 Å². The minimum absolute atomic E-state index is 0.0240.